The number of aliphatic hydroxyl groups excluding tert-OH is 5. The Bertz CT molecular complexity index is 1660. The summed E-state index contributed by atoms with van der Waals surface area (Å²) in [5.74, 6) is -1.19. The van der Waals surface area contributed by atoms with E-state index in [9.17, 15) is 35.1 Å². The fraction of sp³-hybridized carbons (Fsp3) is 0.811. The zero-order chi connectivity index (χ0) is 61.7. The Balaban J connectivity index is 2.59. The summed E-state index contributed by atoms with van der Waals surface area (Å²) in [5.41, 5.74) is 0. The van der Waals surface area contributed by atoms with Crippen LogP contribution in [0, 0.1) is 0 Å². The molecule has 0 radical (unpaired) electrons. The van der Waals surface area contributed by atoms with Crippen molar-refractivity contribution < 1.29 is 49.3 Å². The first-order valence-corrected chi connectivity index (χ1v) is 35.7. The molecule has 0 bridgehead atoms. The minimum atomic E-state index is -1.62. The van der Waals surface area contributed by atoms with Crippen molar-refractivity contribution in [2.24, 2.45) is 0 Å². The van der Waals surface area contributed by atoms with Gasteiger partial charge in [-0.2, -0.15) is 0 Å². The molecule has 0 aromatic heterocycles. The molecule has 1 aliphatic heterocycles. The van der Waals surface area contributed by atoms with Gasteiger partial charge < -0.3 is 45.1 Å². The first-order chi connectivity index (χ1) is 41.7. The van der Waals surface area contributed by atoms with E-state index in [1.54, 1.807) is 6.08 Å². The summed E-state index contributed by atoms with van der Waals surface area (Å²) < 4.78 is 17.7. The van der Waals surface area contributed by atoms with Crippen molar-refractivity contribution in [2.45, 2.75) is 372 Å². The van der Waals surface area contributed by atoms with E-state index in [2.05, 4.69) is 86.8 Å². The van der Waals surface area contributed by atoms with Gasteiger partial charge in [-0.05, 0) is 70.6 Å². The van der Waals surface area contributed by atoms with Crippen LogP contribution in [0.4, 0.5) is 0 Å². The second-order valence-electron chi connectivity index (χ2n) is 24.6. The summed E-state index contributed by atoms with van der Waals surface area (Å²) in [6.45, 7) is 5.72. The molecule has 6 N–H and O–H groups in total. The lowest BCUT2D eigenvalue weighted by Gasteiger charge is -2.41. The summed E-state index contributed by atoms with van der Waals surface area (Å²) in [6.07, 6.45) is 69.3. The smallest absolute Gasteiger partial charge is 0.306 e. The first kappa shape index (κ1) is 80.1. The molecule has 0 aromatic rings. The number of nitrogens with one attached hydrogen (secondary N) is 1. The van der Waals surface area contributed by atoms with Crippen molar-refractivity contribution in [3.05, 3.63) is 72.9 Å². The molecule has 0 aliphatic carbocycles. The fourth-order valence-corrected chi connectivity index (χ4v) is 11.0. The topological polar surface area (TPSA) is 175 Å². The molecule has 1 rings (SSSR count). The van der Waals surface area contributed by atoms with E-state index >= 15 is 0 Å². The van der Waals surface area contributed by atoms with Gasteiger partial charge in [0.2, 0.25) is 5.91 Å². The molecule has 85 heavy (non-hydrogen) atoms. The van der Waals surface area contributed by atoms with Crippen LogP contribution < -0.4 is 5.32 Å². The molecule has 1 fully saturated rings. The Morgan fingerprint density at radius 3 is 1.27 bits per heavy atom. The predicted molar refractivity (Wildman–Crippen MR) is 356 cm³/mol. The number of carbonyl (C=O) groups excluding carboxylic acids is 2. The van der Waals surface area contributed by atoms with E-state index in [-0.39, 0.29) is 13.0 Å². The van der Waals surface area contributed by atoms with Crippen LogP contribution >= 0.6 is 0 Å². The molecule has 0 saturated carbocycles. The maximum Gasteiger partial charge on any atom is 0.306 e. The first-order valence-electron chi connectivity index (χ1n) is 35.7. The molecule has 11 heteroatoms. The van der Waals surface area contributed by atoms with Crippen LogP contribution in [0.25, 0.3) is 0 Å². The number of allylic oxidation sites excluding steroid dienone is 11. The predicted octanol–water partition coefficient (Wildman–Crippen LogP) is 18.3. The highest BCUT2D eigenvalue weighted by Gasteiger charge is 2.47. The number of carbonyl (C=O) groups is 2. The van der Waals surface area contributed by atoms with Crippen molar-refractivity contribution in [2.75, 3.05) is 13.2 Å². The third kappa shape index (κ3) is 48.7. The largest absolute Gasteiger partial charge is 0.454 e. The van der Waals surface area contributed by atoms with E-state index in [1.807, 2.05) is 6.08 Å². The van der Waals surface area contributed by atoms with Crippen LogP contribution in [0.5, 0.6) is 0 Å². The summed E-state index contributed by atoms with van der Waals surface area (Å²) in [7, 11) is 0. The van der Waals surface area contributed by atoms with Gasteiger partial charge >= 0.3 is 5.97 Å². The Kier molecular flexibility index (Phi) is 57.8. The number of esters is 1. The Morgan fingerprint density at radius 2 is 0.847 bits per heavy atom. The molecule has 1 heterocycles. The average Bonchev–Trinajstić information content (AvgIpc) is 3.34. The van der Waals surface area contributed by atoms with Gasteiger partial charge in [0.1, 0.15) is 24.4 Å². The summed E-state index contributed by atoms with van der Waals surface area (Å²) in [6, 6.07) is -1.03. The molecule has 11 nitrogen and oxygen atoms in total. The minimum Gasteiger partial charge on any atom is -0.454 e. The lowest BCUT2D eigenvalue weighted by Crippen LogP contribution is -2.61. The number of hydrogen-bond acceptors (Lipinski definition) is 10. The number of amides is 1. The van der Waals surface area contributed by atoms with Crippen molar-refractivity contribution in [1.29, 1.82) is 0 Å². The Morgan fingerprint density at radius 1 is 0.471 bits per heavy atom. The van der Waals surface area contributed by atoms with Gasteiger partial charge in [0.15, 0.2) is 12.4 Å². The fourth-order valence-electron chi connectivity index (χ4n) is 11.0. The van der Waals surface area contributed by atoms with E-state index in [0.717, 1.165) is 103 Å². The second-order valence-corrected chi connectivity index (χ2v) is 24.6. The normalized spacial score (nSPS) is 18.8. The van der Waals surface area contributed by atoms with E-state index in [0.29, 0.717) is 19.3 Å². The summed E-state index contributed by atoms with van der Waals surface area (Å²) in [5, 5.41) is 57.3. The quantitative estimate of drug-likeness (QED) is 0.0195. The van der Waals surface area contributed by atoms with Crippen molar-refractivity contribution in [3.8, 4) is 0 Å². The van der Waals surface area contributed by atoms with Gasteiger partial charge in [-0.3, -0.25) is 9.59 Å². The molecule has 1 amide bonds. The van der Waals surface area contributed by atoms with Crippen LogP contribution in [0.3, 0.4) is 0 Å². The molecule has 1 aliphatic rings. The van der Waals surface area contributed by atoms with Crippen LogP contribution in [0.1, 0.15) is 323 Å². The van der Waals surface area contributed by atoms with E-state index < -0.39 is 67.4 Å². The van der Waals surface area contributed by atoms with Crippen molar-refractivity contribution in [3.63, 3.8) is 0 Å². The van der Waals surface area contributed by atoms with Gasteiger partial charge in [-0.1, -0.05) is 318 Å². The number of unbranched alkanes of at least 4 members (excludes halogenated alkanes) is 37. The van der Waals surface area contributed by atoms with Gasteiger partial charge in [-0.25, -0.2) is 0 Å². The van der Waals surface area contributed by atoms with Crippen LogP contribution in [-0.2, 0) is 23.8 Å². The highest BCUT2D eigenvalue weighted by Crippen LogP contribution is 2.26. The van der Waals surface area contributed by atoms with Gasteiger partial charge in [-0.15, -0.1) is 0 Å². The SMILES string of the molecule is CC/C=C\C/C=C\C/C=C\C/C=C\C/C=C\CCCCCCCCCCCC(=O)OC1C(OCC(NC(=O)C(O)CCCCCCCCCCCCCCCCCCCC)C(O)/C=C/CCCCCCCCCCCCC)OC(CO)C(O)C1O. The lowest BCUT2D eigenvalue weighted by molar-refractivity contribution is -0.305. The van der Waals surface area contributed by atoms with Crippen LogP contribution in [0.2, 0.25) is 0 Å². The molecule has 1 saturated heterocycles. The molecule has 8 unspecified atom stereocenters. The Labute approximate surface area is 521 Å². The van der Waals surface area contributed by atoms with Crippen molar-refractivity contribution in [1.82, 2.24) is 5.32 Å². The maximum atomic E-state index is 13.5. The Hall–Kier alpha value is -2.90. The van der Waals surface area contributed by atoms with Crippen molar-refractivity contribution >= 4 is 11.9 Å². The molecule has 0 aromatic carbocycles. The third-order valence-corrected chi connectivity index (χ3v) is 16.6. The number of rotatable bonds is 61. The number of ether oxygens (including phenoxy) is 3. The molecular formula is C74H133NO10. The van der Waals surface area contributed by atoms with Gasteiger partial charge in [0.25, 0.3) is 0 Å². The lowest BCUT2D eigenvalue weighted by atomic mass is 9.99. The zero-order valence-electron chi connectivity index (χ0n) is 55.0. The number of aliphatic hydroxyl groups is 5. The minimum absolute atomic E-state index is 0.115. The van der Waals surface area contributed by atoms with E-state index in [4.69, 9.17) is 14.2 Å². The van der Waals surface area contributed by atoms with Gasteiger partial charge in [0, 0.05) is 6.42 Å². The average molecular weight is 1200 g/mol. The zero-order valence-corrected chi connectivity index (χ0v) is 55.0. The summed E-state index contributed by atoms with van der Waals surface area (Å²) >= 11 is 0. The standard InChI is InChI=1S/C74H133NO10/c1-4-7-10-13-16-19-22-25-27-29-31-32-33-34-35-36-37-39-41-44-47-50-53-56-59-62-69(79)85-72-71(81)70(80)68(63-76)84-74(72)83-64-65(66(77)60-57-54-51-48-45-42-24-21-18-15-12-9-6-3)75-73(82)67(78)61-58-55-52-49-46-43-40-38-30-28-26-23-20-17-14-11-8-5-2/h7,10,16,19,25,27,31-32,34-35,57,60,65-68,70-72,74,76-78,80-81H,4-6,8-9,11-15,17-18,20-24,26,28-30,33,36-56,58-59,61-64H2,1-3H3,(H,75,82)/b10-7-,19-16-,27-25-,32-31-,35-34-,60-57+. The molecular weight excluding hydrogens is 1060 g/mol. The maximum absolute atomic E-state index is 13.5. The third-order valence-electron chi connectivity index (χ3n) is 16.6. The van der Waals surface area contributed by atoms with E-state index in [1.165, 1.54) is 173 Å². The van der Waals surface area contributed by atoms with Crippen LogP contribution in [0.15, 0.2) is 72.9 Å². The highest BCUT2D eigenvalue weighted by molar-refractivity contribution is 5.80. The van der Waals surface area contributed by atoms with Gasteiger partial charge in [0.05, 0.1) is 25.4 Å². The monoisotopic (exact) mass is 1200 g/mol. The van der Waals surface area contributed by atoms with Crippen LogP contribution in [-0.4, -0.2) is 99.6 Å². The molecule has 494 valence electrons. The number of hydrogen-bond donors (Lipinski definition) is 6. The summed E-state index contributed by atoms with van der Waals surface area (Å²) in [4.78, 5) is 26.7. The molecule has 8 atom stereocenters. The highest BCUT2D eigenvalue weighted by atomic mass is 16.7. The second kappa shape index (κ2) is 61.3. The molecule has 0 spiro atoms.